The fraction of sp³-hybridized carbons (Fsp3) is 0.167. The van der Waals surface area contributed by atoms with Crippen molar-refractivity contribution in [3.8, 4) is 0 Å². The summed E-state index contributed by atoms with van der Waals surface area (Å²) in [7, 11) is -4.25. The molecule has 23 heavy (non-hydrogen) atoms. The van der Waals surface area contributed by atoms with Crippen molar-refractivity contribution in [3.05, 3.63) is 78.4 Å². The highest BCUT2D eigenvalue weighted by atomic mass is 32.2. The lowest BCUT2D eigenvalue weighted by Crippen LogP contribution is -2.22. The normalized spacial score (nSPS) is 13.2. The minimum atomic E-state index is -4.25. The second-order valence-corrected chi connectivity index (χ2v) is 6.51. The molecule has 0 bridgehead atoms. The lowest BCUT2D eigenvalue weighted by molar-refractivity contribution is -0.513. The summed E-state index contributed by atoms with van der Waals surface area (Å²) in [6.07, 6.45) is 5.32. The van der Waals surface area contributed by atoms with Crippen molar-refractivity contribution in [2.45, 2.75) is 11.3 Å². The van der Waals surface area contributed by atoms with Gasteiger partial charge < -0.3 is 4.55 Å². The molecule has 4 nitrogen and oxygen atoms in total. The molecule has 1 heterocycles. The zero-order valence-corrected chi connectivity index (χ0v) is 13.6. The van der Waals surface area contributed by atoms with Gasteiger partial charge in [-0.25, -0.2) is 13.0 Å². The van der Waals surface area contributed by atoms with E-state index < -0.39 is 10.1 Å². The van der Waals surface area contributed by atoms with E-state index in [1.54, 1.807) is 6.07 Å². The van der Waals surface area contributed by atoms with Crippen LogP contribution in [-0.2, 0) is 16.5 Å². The van der Waals surface area contributed by atoms with Crippen molar-refractivity contribution in [1.29, 1.82) is 0 Å². The molecule has 5 heteroatoms. The molecule has 120 valence electrons. The van der Waals surface area contributed by atoms with Crippen LogP contribution in [0.25, 0.3) is 0 Å². The molecule has 1 aliphatic heterocycles. The van der Waals surface area contributed by atoms with Gasteiger partial charge in [-0.3, -0.25) is 0 Å². The maximum atomic E-state index is 10.3. The maximum Gasteiger partial charge on any atom is 0.171 e. The Morgan fingerprint density at radius 2 is 1.74 bits per heavy atom. The number of hydrogen-bond acceptors (Lipinski definition) is 3. The number of rotatable bonds is 3. The Morgan fingerprint density at radius 1 is 1.09 bits per heavy atom. The van der Waals surface area contributed by atoms with Gasteiger partial charge in [0.1, 0.15) is 16.7 Å². The molecule has 0 spiro atoms. The molecule has 0 saturated heterocycles. The van der Waals surface area contributed by atoms with Gasteiger partial charge in [0.15, 0.2) is 12.8 Å². The van der Waals surface area contributed by atoms with E-state index in [0.29, 0.717) is 0 Å². The van der Waals surface area contributed by atoms with E-state index in [1.807, 2.05) is 6.08 Å². The summed E-state index contributed by atoms with van der Waals surface area (Å²) in [6, 6.07) is 15.8. The van der Waals surface area contributed by atoms with Crippen LogP contribution in [0.2, 0.25) is 0 Å². The Bertz CT molecular complexity index is 796. The van der Waals surface area contributed by atoms with Crippen LogP contribution in [0.4, 0.5) is 0 Å². The number of fused-ring (bicyclic) bond motifs is 1. The Morgan fingerprint density at radius 3 is 2.35 bits per heavy atom. The zero-order chi connectivity index (χ0) is 16.7. The molecule has 0 saturated carbocycles. The first-order valence-corrected chi connectivity index (χ1v) is 8.70. The average Bonchev–Trinajstić information content (AvgIpc) is 2.56. The minimum absolute atomic E-state index is 0.185. The van der Waals surface area contributed by atoms with Crippen LogP contribution < -0.4 is 0 Å². The third-order valence-corrected chi connectivity index (χ3v) is 4.29. The molecular weight excluding hydrogens is 310 g/mol. The standard InChI is InChI=1S/C12H14N.C6H6O3S/c1-2-8-13-9-7-11-5-3-4-6-12(11)10-13;7-10(8,9)6-4-2-1-3-5-6/h2-6,10H,1,7-9H2;1-5H,(H,7,8,9)/q+1;/p-1. The number of benzene rings is 2. The van der Waals surface area contributed by atoms with Gasteiger partial charge in [0.25, 0.3) is 0 Å². The van der Waals surface area contributed by atoms with Gasteiger partial charge in [0.2, 0.25) is 0 Å². The number of nitrogens with zero attached hydrogens (tertiary/aromatic N) is 1. The molecule has 0 amide bonds. The minimum Gasteiger partial charge on any atom is -0.744 e. The maximum absolute atomic E-state index is 10.3. The van der Waals surface area contributed by atoms with Crippen molar-refractivity contribution in [1.82, 2.24) is 0 Å². The van der Waals surface area contributed by atoms with Gasteiger partial charge in [-0.1, -0.05) is 43.0 Å². The lowest BCUT2D eigenvalue weighted by Gasteiger charge is -2.10. The molecule has 2 aromatic carbocycles. The molecule has 0 atom stereocenters. The third-order valence-electron chi connectivity index (χ3n) is 3.44. The Balaban J connectivity index is 0.000000174. The highest BCUT2D eigenvalue weighted by molar-refractivity contribution is 7.85. The van der Waals surface area contributed by atoms with Crippen LogP contribution in [0.3, 0.4) is 0 Å². The van der Waals surface area contributed by atoms with E-state index in [2.05, 4.69) is 41.6 Å². The van der Waals surface area contributed by atoms with Gasteiger partial charge in [0, 0.05) is 12.0 Å². The van der Waals surface area contributed by atoms with Gasteiger partial charge in [0.05, 0.1) is 4.90 Å². The van der Waals surface area contributed by atoms with Gasteiger partial charge in [-0.2, -0.15) is 0 Å². The van der Waals surface area contributed by atoms with Crippen molar-refractivity contribution in [2.24, 2.45) is 0 Å². The predicted octanol–water partition coefficient (Wildman–Crippen LogP) is 2.45. The third kappa shape index (κ3) is 5.16. The first kappa shape index (κ1) is 17.1. The summed E-state index contributed by atoms with van der Waals surface area (Å²) in [6.45, 7) is 5.82. The van der Waals surface area contributed by atoms with Crippen molar-refractivity contribution < 1.29 is 17.5 Å². The van der Waals surface area contributed by atoms with Crippen LogP contribution in [0.5, 0.6) is 0 Å². The molecule has 0 aromatic heterocycles. The van der Waals surface area contributed by atoms with E-state index in [0.717, 1.165) is 19.5 Å². The van der Waals surface area contributed by atoms with E-state index >= 15 is 0 Å². The first-order valence-electron chi connectivity index (χ1n) is 7.29. The van der Waals surface area contributed by atoms with E-state index in [-0.39, 0.29) is 4.90 Å². The Kier molecular flexibility index (Phi) is 5.84. The van der Waals surface area contributed by atoms with Crippen molar-refractivity contribution >= 4 is 16.3 Å². The summed E-state index contributed by atoms with van der Waals surface area (Å²) in [5, 5.41) is 0. The van der Waals surface area contributed by atoms with Crippen LogP contribution in [0, 0.1) is 0 Å². The highest BCUT2D eigenvalue weighted by Gasteiger charge is 2.12. The monoisotopic (exact) mass is 329 g/mol. The molecule has 2 aromatic rings. The molecule has 0 N–H and O–H groups in total. The SMILES string of the molecule is C=CC[N+]1=Cc2ccccc2CC1.O=S(=O)([O-])c1ccccc1. The zero-order valence-electron chi connectivity index (χ0n) is 12.8. The average molecular weight is 329 g/mol. The van der Waals surface area contributed by atoms with Gasteiger partial charge >= 0.3 is 0 Å². The quantitative estimate of drug-likeness (QED) is 0.494. The summed E-state index contributed by atoms with van der Waals surface area (Å²) in [5.41, 5.74) is 2.82. The molecule has 3 rings (SSSR count). The number of hydrogen-bond donors (Lipinski definition) is 0. The summed E-state index contributed by atoms with van der Waals surface area (Å²) < 4.78 is 33.1. The summed E-state index contributed by atoms with van der Waals surface area (Å²) in [4.78, 5) is -0.185. The smallest absolute Gasteiger partial charge is 0.171 e. The van der Waals surface area contributed by atoms with E-state index in [1.165, 1.54) is 35.4 Å². The second kappa shape index (κ2) is 7.85. The van der Waals surface area contributed by atoms with Gasteiger partial charge in [-0.05, 0) is 29.8 Å². The molecule has 0 unspecified atom stereocenters. The van der Waals surface area contributed by atoms with Crippen LogP contribution in [-0.4, -0.2) is 36.9 Å². The Hall–Kier alpha value is -2.24. The molecule has 0 radical (unpaired) electrons. The molecule has 0 aliphatic carbocycles. The topological polar surface area (TPSA) is 60.2 Å². The Labute approximate surface area is 137 Å². The van der Waals surface area contributed by atoms with Crippen LogP contribution in [0.15, 0.2) is 72.1 Å². The molecule has 1 aliphatic rings. The fourth-order valence-corrected chi connectivity index (χ4v) is 2.80. The van der Waals surface area contributed by atoms with Gasteiger partial charge in [-0.15, -0.1) is 0 Å². The molecule has 0 fully saturated rings. The largest absolute Gasteiger partial charge is 0.744 e. The van der Waals surface area contributed by atoms with Crippen molar-refractivity contribution in [3.63, 3.8) is 0 Å². The van der Waals surface area contributed by atoms with Crippen LogP contribution >= 0.6 is 0 Å². The van der Waals surface area contributed by atoms with E-state index in [4.69, 9.17) is 0 Å². The predicted molar refractivity (Wildman–Crippen MR) is 89.9 cm³/mol. The van der Waals surface area contributed by atoms with Crippen molar-refractivity contribution in [2.75, 3.05) is 13.1 Å². The summed E-state index contributed by atoms with van der Waals surface area (Å²) in [5.74, 6) is 0. The highest BCUT2D eigenvalue weighted by Crippen LogP contribution is 2.10. The second-order valence-electron chi connectivity index (χ2n) is 5.13. The van der Waals surface area contributed by atoms with Crippen LogP contribution in [0.1, 0.15) is 11.1 Å². The van der Waals surface area contributed by atoms with E-state index in [9.17, 15) is 13.0 Å². The summed E-state index contributed by atoms with van der Waals surface area (Å²) >= 11 is 0. The molecular formula is C18H19NO3S. The first-order chi connectivity index (χ1) is 11.0. The fourth-order valence-electron chi connectivity index (χ4n) is 2.31. The lowest BCUT2D eigenvalue weighted by atomic mass is 10.0.